The van der Waals surface area contributed by atoms with Gasteiger partial charge in [-0.2, -0.15) is 0 Å². The molecule has 0 aliphatic rings. The SMILES string of the molecule is C#Cc1ccc2c(c1)c1ccccc1n2CCC. The molecule has 2 aromatic carbocycles. The molecule has 0 amide bonds. The molecule has 88 valence electrons. The molecule has 0 aliphatic carbocycles. The Morgan fingerprint density at radius 3 is 2.61 bits per heavy atom. The minimum Gasteiger partial charge on any atom is -0.340 e. The summed E-state index contributed by atoms with van der Waals surface area (Å²) in [4.78, 5) is 0. The summed E-state index contributed by atoms with van der Waals surface area (Å²) in [6.07, 6.45) is 6.62. The average molecular weight is 233 g/mol. The molecule has 0 unspecified atom stereocenters. The van der Waals surface area contributed by atoms with Gasteiger partial charge in [0, 0.05) is 33.9 Å². The number of aromatic nitrogens is 1. The number of nitrogens with zero attached hydrogens (tertiary/aromatic N) is 1. The summed E-state index contributed by atoms with van der Waals surface area (Å²) in [5.74, 6) is 2.72. The van der Waals surface area contributed by atoms with E-state index in [0.717, 1.165) is 18.5 Å². The van der Waals surface area contributed by atoms with E-state index in [-0.39, 0.29) is 0 Å². The van der Waals surface area contributed by atoms with Crippen molar-refractivity contribution in [2.75, 3.05) is 0 Å². The summed E-state index contributed by atoms with van der Waals surface area (Å²) in [5.41, 5.74) is 3.52. The summed E-state index contributed by atoms with van der Waals surface area (Å²) in [6, 6.07) is 14.8. The summed E-state index contributed by atoms with van der Waals surface area (Å²) < 4.78 is 2.38. The molecule has 0 radical (unpaired) electrons. The molecular formula is C17H15N. The summed E-state index contributed by atoms with van der Waals surface area (Å²) >= 11 is 0. The number of para-hydroxylation sites is 1. The highest BCUT2D eigenvalue weighted by Crippen LogP contribution is 2.29. The summed E-state index contributed by atoms with van der Waals surface area (Å²) in [7, 11) is 0. The highest BCUT2D eigenvalue weighted by atomic mass is 15.0. The van der Waals surface area contributed by atoms with Gasteiger partial charge in [0.1, 0.15) is 0 Å². The standard InChI is InChI=1S/C17H15N/c1-3-11-18-16-8-6-5-7-14(16)15-12-13(4-2)9-10-17(15)18/h2,5-10,12H,3,11H2,1H3. The predicted octanol–water partition coefficient (Wildman–Crippen LogP) is 4.19. The van der Waals surface area contributed by atoms with E-state index in [1.54, 1.807) is 0 Å². The number of terminal acetylenes is 1. The van der Waals surface area contributed by atoms with Crippen LogP contribution in [0.1, 0.15) is 18.9 Å². The van der Waals surface area contributed by atoms with Crippen molar-refractivity contribution in [3.05, 3.63) is 48.0 Å². The quantitative estimate of drug-likeness (QED) is 0.585. The van der Waals surface area contributed by atoms with Crippen molar-refractivity contribution in [3.63, 3.8) is 0 Å². The summed E-state index contributed by atoms with van der Waals surface area (Å²) in [5, 5.41) is 2.55. The van der Waals surface area contributed by atoms with Gasteiger partial charge in [0.2, 0.25) is 0 Å². The van der Waals surface area contributed by atoms with E-state index in [4.69, 9.17) is 6.42 Å². The molecule has 1 nitrogen and oxygen atoms in total. The first-order valence-corrected chi connectivity index (χ1v) is 6.32. The topological polar surface area (TPSA) is 4.93 Å². The summed E-state index contributed by atoms with van der Waals surface area (Å²) in [6.45, 7) is 3.25. The van der Waals surface area contributed by atoms with Crippen molar-refractivity contribution >= 4 is 21.8 Å². The largest absolute Gasteiger partial charge is 0.340 e. The Morgan fingerprint density at radius 2 is 1.83 bits per heavy atom. The number of hydrogen-bond donors (Lipinski definition) is 0. The van der Waals surface area contributed by atoms with Crippen molar-refractivity contribution in [2.24, 2.45) is 0 Å². The fraction of sp³-hybridized carbons (Fsp3) is 0.176. The van der Waals surface area contributed by atoms with Crippen LogP contribution >= 0.6 is 0 Å². The van der Waals surface area contributed by atoms with Crippen molar-refractivity contribution in [3.8, 4) is 12.3 Å². The van der Waals surface area contributed by atoms with E-state index in [0.29, 0.717) is 0 Å². The van der Waals surface area contributed by atoms with E-state index < -0.39 is 0 Å². The second-order valence-corrected chi connectivity index (χ2v) is 4.55. The maximum Gasteiger partial charge on any atom is 0.0492 e. The fourth-order valence-corrected chi connectivity index (χ4v) is 2.61. The maximum atomic E-state index is 5.49. The van der Waals surface area contributed by atoms with Gasteiger partial charge < -0.3 is 4.57 Å². The van der Waals surface area contributed by atoms with Crippen LogP contribution in [0.2, 0.25) is 0 Å². The third-order valence-corrected chi connectivity index (χ3v) is 3.39. The van der Waals surface area contributed by atoms with Crippen LogP contribution in [0.5, 0.6) is 0 Å². The van der Waals surface area contributed by atoms with Gasteiger partial charge in [0.05, 0.1) is 0 Å². The lowest BCUT2D eigenvalue weighted by Gasteiger charge is -2.04. The third kappa shape index (κ3) is 1.50. The van der Waals surface area contributed by atoms with Gasteiger partial charge in [-0.3, -0.25) is 0 Å². The van der Waals surface area contributed by atoms with Gasteiger partial charge in [-0.05, 0) is 30.7 Å². The number of rotatable bonds is 2. The Hall–Kier alpha value is -2.20. The first-order valence-electron chi connectivity index (χ1n) is 6.32. The number of hydrogen-bond acceptors (Lipinski definition) is 0. The molecule has 3 aromatic rings. The van der Waals surface area contributed by atoms with E-state index in [9.17, 15) is 0 Å². The lowest BCUT2D eigenvalue weighted by Crippen LogP contribution is -1.95. The molecular weight excluding hydrogens is 218 g/mol. The Balaban J connectivity index is 2.46. The third-order valence-electron chi connectivity index (χ3n) is 3.39. The maximum absolute atomic E-state index is 5.49. The van der Waals surface area contributed by atoms with Gasteiger partial charge in [-0.1, -0.05) is 31.0 Å². The number of benzene rings is 2. The van der Waals surface area contributed by atoms with Crippen LogP contribution in [-0.4, -0.2) is 4.57 Å². The zero-order chi connectivity index (χ0) is 12.5. The van der Waals surface area contributed by atoms with Crippen LogP contribution < -0.4 is 0 Å². The molecule has 18 heavy (non-hydrogen) atoms. The van der Waals surface area contributed by atoms with E-state index in [1.807, 2.05) is 6.07 Å². The molecule has 1 heterocycles. The van der Waals surface area contributed by atoms with E-state index in [1.165, 1.54) is 21.8 Å². The molecule has 0 aliphatic heterocycles. The van der Waals surface area contributed by atoms with Crippen LogP contribution in [0.15, 0.2) is 42.5 Å². The molecule has 0 bridgehead atoms. The van der Waals surface area contributed by atoms with Crippen LogP contribution in [0.25, 0.3) is 21.8 Å². The second-order valence-electron chi connectivity index (χ2n) is 4.55. The minimum absolute atomic E-state index is 0.946. The Labute approximate surface area is 107 Å². The molecule has 0 saturated carbocycles. The van der Waals surface area contributed by atoms with E-state index in [2.05, 4.69) is 53.8 Å². The fourth-order valence-electron chi connectivity index (χ4n) is 2.61. The molecule has 3 rings (SSSR count). The molecule has 0 fully saturated rings. The highest BCUT2D eigenvalue weighted by molar-refractivity contribution is 6.08. The highest BCUT2D eigenvalue weighted by Gasteiger charge is 2.09. The molecule has 1 heteroatoms. The van der Waals surface area contributed by atoms with Gasteiger partial charge in [-0.25, -0.2) is 0 Å². The van der Waals surface area contributed by atoms with E-state index >= 15 is 0 Å². The second kappa shape index (κ2) is 4.23. The molecule has 1 aromatic heterocycles. The van der Waals surface area contributed by atoms with Crippen molar-refractivity contribution in [1.29, 1.82) is 0 Å². The molecule has 0 saturated heterocycles. The number of fused-ring (bicyclic) bond motifs is 3. The van der Waals surface area contributed by atoms with Gasteiger partial charge in [0.15, 0.2) is 0 Å². The van der Waals surface area contributed by atoms with Crippen molar-refractivity contribution in [2.45, 2.75) is 19.9 Å². The number of aryl methyl sites for hydroxylation is 1. The first-order chi connectivity index (χ1) is 8.85. The van der Waals surface area contributed by atoms with Crippen LogP contribution in [0.3, 0.4) is 0 Å². The van der Waals surface area contributed by atoms with Crippen LogP contribution in [-0.2, 0) is 6.54 Å². The normalized spacial score (nSPS) is 10.9. The average Bonchev–Trinajstić information content (AvgIpc) is 2.74. The van der Waals surface area contributed by atoms with Crippen LogP contribution in [0, 0.1) is 12.3 Å². The van der Waals surface area contributed by atoms with Crippen molar-refractivity contribution in [1.82, 2.24) is 4.57 Å². The molecule has 0 spiro atoms. The Bertz CT molecular complexity index is 756. The minimum atomic E-state index is 0.946. The van der Waals surface area contributed by atoms with Gasteiger partial charge in [0.25, 0.3) is 0 Å². The zero-order valence-electron chi connectivity index (χ0n) is 10.5. The first kappa shape index (κ1) is 10.9. The lowest BCUT2D eigenvalue weighted by molar-refractivity contribution is 0.724. The van der Waals surface area contributed by atoms with Crippen molar-refractivity contribution < 1.29 is 0 Å². The monoisotopic (exact) mass is 233 g/mol. The molecule has 0 N–H and O–H groups in total. The lowest BCUT2D eigenvalue weighted by atomic mass is 10.1. The van der Waals surface area contributed by atoms with Gasteiger partial charge in [-0.15, -0.1) is 6.42 Å². The van der Waals surface area contributed by atoms with Crippen LogP contribution in [0.4, 0.5) is 0 Å². The predicted molar refractivity (Wildman–Crippen MR) is 77.7 cm³/mol. The smallest absolute Gasteiger partial charge is 0.0492 e. The van der Waals surface area contributed by atoms with Gasteiger partial charge >= 0.3 is 0 Å². The Morgan fingerprint density at radius 1 is 1.06 bits per heavy atom. The zero-order valence-corrected chi connectivity index (χ0v) is 10.5. The Kier molecular flexibility index (Phi) is 2.57. The molecule has 0 atom stereocenters.